The zero-order valence-corrected chi connectivity index (χ0v) is 21.9. The third-order valence-corrected chi connectivity index (χ3v) is 8.42. The number of hydrogen-bond acceptors (Lipinski definition) is 0. The summed E-state index contributed by atoms with van der Waals surface area (Å²) in [6.07, 6.45) is 0. The molecule has 0 radical (unpaired) electrons. The minimum absolute atomic E-state index is 0.208. The molecule has 0 saturated heterocycles. The smallest absolute Gasteiger partial charge is 0.0358 e. The van der Waals surface area contributed by atoms with Crippen molar-refractivity contribution in [2.45, 2.75) is 25.7 Å². The summed E-state index contributed by atoms with van der Waals surface area (Å²) in [6, 6.07) is 49.2. The van der Waals surface area contributed by atoms with E-state index in [2.05, 4.69) is 147 Å². The van der Waals surface area contributed by atoms with Gasteiger partial charge in [0, 0.05) is 11.8 Å². The molecule has 0 N–H and O–H groups in total. The molecule has 0 heteroatoms. The Kier molecular flexibility index (Phi) is 5.48. The van der Waals surface area contributed by atoms with Crippen LogP contribution in [0.3, 0.4) is 0 Å². The molecule has 0 spiro atoms. The standard InChI is InChI=1S/C38H30/c1-25-13-9-10-18-30(25)33-23-21-29-22-24-34-31-19-11-12-20-32(31)36(28-16-7-4-8-17-28)38(34)37(29)35(33)26(2)27-14-5-3-6-15-27/h3-24,26,36H,1-2H3. The third-order valence-electron chi connectivity index (χ3n) is 8.42. The Labute approximate surface area is 225 Å². The summed E-state index contributed by atoms with van der Waals surface area (Å²) in [5.41, 5.74) is 13.7. The Morgan fingerprint density at radius 1 is 0.526 bits per heavy atom. The van der Waals surface area contributed by atoms with Gasteiger partial charge >= 0.3 is 0 Å². The topological polar surface area (TPSA) is 0 Å². The molecule has 0 bridgehead atoms. The largest absolute Gasteiger partial charge is 0.0622 e. The molecule has 0 aliphatic heterocycles. The minimum Gasteiger partial charge on any atom is -0.0622 e. The fraction of sp³-hybridized carbons (Fsp3) is 0.105. The molecule has 0 heterocycles. The van der Waals surface area contributed by atoms with E-state index in [4.69, 9.17) is 0 Å². The van der Waals surface area contributed by atoms with E-state index in [9.17, 15) is 0 Å². The molecule has 1 aliphatic carbocycles. The predicted octanol–water partition coefficient (Wildman–Crippen LogP) is 10.1. The normalized spacial score (nSPS) is 14.7. The van der Waals surface area contributed by atoms with E-state index < -0.39 is 0 Å². The highest BCUT2D eigenvalue weighted by molar-refractivity contribution is 6.02. The molecule has 1 aliphatic rings. The van der Waals surface area contributed by atoms with Crippen LogP contribution in [0.15, 0.2) is 133 Å². The van der Waals surface area contributed by atoms with Crippen molar-refractivity contribution >= 4 is 10.8 Å². The van der Waals surface area contributed by atoms with Gasteiger partial charge in [-0.05, 0) is 73.3 Å². The highest BCUT2D eigenvalue weighted by Gasteiger charge is 2.33. The molecule has 0 saturated carbocycles. The molecular formula is C38H30. The van der Waals surface area contributed by atoms with Crippen molar-refractivity contribution in [2.75, 3.05) is 0 Å². The van der Waals surface area contributed by atoms with Crippen LogP contribution in [-0.4, -0.2) is 0 Å². The Morgan fingerprint density at radius 3 is 1.87 bits per heavy atom. The van der Waals surface area contributed by atoms with E-state index in [1.807, 2.05) is 0 Å². The van der Waals surface area contributed by atoms with Crippen LogP contribution in [0.2, 0.25) is 0 Å². The molecule has 38 heavy (non-hydrogen) atoms. The average molecular weight is 487 g/mol. The lowest BCUT2D eigenvalue weighted by Crippen LogP contribution is -2.06. The van der Waals surface area contributed by atoms with Gasteiger partial charge in [0.15, 0.2) is 0 Å². The van der Waals surface area contributed by atoms with Crippen LogP contribution in [-0.2, 0) is 0 Å². The lowest BCUT2D eigenvalue weighted by Gasteiger charge is -2.25. The zero-order chi connectivity index (χ0) is 25.6. The predicted molar refractivity (Wildman–Crippen MR) is 161 cm³/mol. The molecule has 182 valence electrons. The van der Waals surface area contributed by atoms with Gasteiger partial charge in [-0.25, -0.2) is 0 Å². The van der Waals surface area contributed by atoms with Gasteiger partial charge in [-0.1, -0.05) is 140 Å². The Morgan fingerprint density at radius 2 is 1.13 bits per heavy atom. The summed E-state index contributed by atoms with van der Waals surface area (Å²) in [4.78, 5) is 0. The monoisotopic (exact) mass is 486 g/mol. The molecule has 0 aromatic heterocycles. The Balaban J connectivity index is 1.63. The summed E-state index contributed by atoms with van der Waals surface area (Å²) in [5, 5.41) is 2.72. The van der Waals surface area contributed by atoms with Crippen molar-refractivity contribution in [3.05, 3.63) is 167 Å². The fourth-order valence-electron chi connectivity index (χ4n) is 6.62. The summed E-state index contributed by atoms with van der Waals surface area (Å²) in [7, 11) is 0. The van der Waals surface area contributed by atoms with Gasteiger partial charge in [0.2, 0.25) is 0 Å². The number of hydrogen-bond donors (Lipinski definition) is 0. The first-order chi connectivity index (χ1) is 18.7. The molecule has 6 aromatic rings. The molecule has 2 atom stereocenters. The number of benzene rings is 6. The quantitative estimate of drug-likeness (QED) is 0.232. The molecule has 2 unspecified atom stereocenters. The van der Waals surface area contributed by atoms with E-state index in [1.165, 1.54) is 66.4 Å². The molecule has 6 aromatic carbocycles. The van der Waals surface area contributed by atoms with Gasteiger partial charge in [0.1, 0.15) is 0 Å². The first-order valence-electron chi connectivity index (χ1n) is 13.6. The second kappa shape index (κ2) is 9.15. The second-order valence-electron chi connectivity index (χ2n) is 10.5. The summed E-state index contributed by atoms with van der Waals surface area (Å²) in [5.74, 6) is 0.445. The van der Waals surface area contributed by atoms with Crippen molar-refractivity contribution in [3.63, 3.8) is 0 Å². The number of fused-ring (bicyclic) bond motifs is 5. The summed E-state index contributed by atoms with van der Waals surface area (Å²) < 4.78 is 0. The van der Waals surface area contributed by atoms with Crippen molar-refractivity contribution in [1.29, 1.82) is 0 Å². The first-order valence-corrected chi connectivity index (χ1v) is 13.6. The number of rotatable bonds is 4. The molecule has 7 rings (SSSR count). The average Bonchev–Trinajstić information content (AvgIpc) is 3.32. The summed E-state index contributed by atoms with van der Waals surface area (Å²) >= 11 is 0. The third kappa shape index (κ3) is 3.52. The first kappa shape index (κ1) is 22.8. The Hall–Kier alpha value is -4.42. The van der Waals surface area contributed by atoms with E-state index in [1.54, 1.807) is 0 Å². The van der Waals surface area contributed by atoms with Gasteiger partial charge in [0.25, 0.3) is 0 Å². The van der Waals surface area contributed by atoms with Crippen LogP contribution in [0.25, 0.3) is 33.0 Å². The van der Waals surface area contributed by atoms with Gasteiger partial charge in [0.05, 0.1) is 0 Å². The molecule has 0 amide bonds. The molecule has 0 nitrogen and oxygen atoms in total. The Bertz CT molecular complexity index is 1780. The van der Waals surface area contributed by atoms with Gasteiger partial charge < -0.3 is 0 Å². The SMILES string of the molecule is Cc1ccccc1-c1ccc2ccc3c(c2c1C(C)c1ccccc1)C(c1ccccc1)c1ccccc1-3. The minimum atomic E-state index is 0.208. The van der Waals surface area contributed by atoms with Crippen molar-refractivity contribution < 1.29 is 0 Å². The van der Waals surface area contributed by atoms with Crippen molar-refractivity contribution in [2.24, 2.45) is 0 Å². The molecular weight excluding hydrogens is 456 g/mol. The number of aryl methyl sites for hydroxylation is 1. The highest BCUT2D eigenvalue weighted by atomic mass is 14.4. The zero-order valence-electron chi connectivity index (χ0n) is 21.9. The van der Waals surface area contributed by atoms with Crippen LogP contribution < -0.4 is 0 Å². The lowest BCUT2D eigenvalue weighted by atomic mass is 9.78. The van der Waals surface area contributed by atoms with Gasteiger partial charge in [-0.3, -0.25) is 0 Å². The van der Waals surface area contributed by atoms with Crippen LogP contribution in [0.4, 0.5) is 0 Å². The fourth-order valence-corrected chi connectivity index (χ4v) is 6.62. The van der Waals surface area contributed by atoms with Crippen LogP contribution in [0.5, 0.6) is 0 Å². The van der Waals surface area contributed by atoms with Crippen molar-refractivity contribution in [1.82, 2.24) is 0 Å². The maximum absolute atomic E-state index is 2.38. The van der Waals surface area contributed by atoms with Crippen LogP contribution in [0.1, 0.15) is 52.1 Å². The van der Waals surface area contributed by atoms with Crippen molar-refractivity contribution in [3.8, 4) is 22.3 Å². The van der Waals surface area contributed by atoms with E-state index in [-0.39, 0.29) is 11.8 Å². The maximum atomic E-state index is 2.38. The lowest BCUT2D eigenvalue weighted by molar-refractivity contribution is 0.929. The maximum Gasteiger partial charge on any atom is 0.0358 e. The van der Waals surface area contributed by atoms with E-state index in [0.717, 1.165) is 0 Å². The van der Waals surface area contributed by atoms with Gasteiger partial charge in [-0.15, -0.1) is 0 Å². The molecule has 0 fully saturated rings. The van der Waals surface area contributed by atoms with Crippen LogP contribution in [0, 0.1) is 6.92 Å². The highest BCUT2D eigenvalue weighted by Crippen LogP contribution is 2.53. The van der Waals surface area contributed by atoms with E-state index >= 15 is 0 Å². The summed E-state index contributed by atoms with van der Waals surface area (Å²) in [6.45, 7) is 4.61. The van der Waals surface area contributed by atoms with E-state index in [0.29, 0.717) is 0 Å². The van der Waals surface area contributed by atoms with Gasteiger partial charge in [-0.2, -0.15) is 0 Å². The van der Waals surface area contributed by atoms with Crippen LogP contribution >= 0.6 is 0 Å². The second-order valence-corrected chi connectivity index (χ2v) is 10.5.